The van der Waals surface area contributed by atoms with Crippen molar-refractivity contribution >= 4 is 33.7 Å². The van der Waals surface area contributed by atoms with Crippen LogP contribution >= 0.6 is 22.7 Å². The van der Waals surface area contributed by atoms with Gasteiger partial charge >= 0.3 is 0 Å². The van der Waals surface area contributed by atoms with E-state index in [4.69, 9.17) is 0 Å². The lowest BCUT2D eigenvalue weighted by molar-refractivity contribution is 0.0767. The minimum Gasteiger partial charge on any atom is -0.346 e. The van der Waals surface area contributed by atoms with E-state index in [1.165, 1.54) is 4.88 Å². The van der Waals surface area contributed by atoms with Crippen LogP contribution in [-0.2, 0) is 0 Å². The smallest absolute Gasteiger partial charge is 0.255 e. The van der Waals surface area contributed by atoms with Crippen LogP contribution < -0.4 is 4.90 Å². The Hall–Kier alpha value is -1.40. The van der Waals surface area contributed by atoms with Gasteiger partial charge in [0.25, 0.3) is 5.91 Å². The molecule has 0 spiro atoms. The fraction of sp³-hybridized carbons (Fsp3) is 0.500. The summed E-state index contributed by atoms with van der Waals surface area (Å²) >= 11 is 3.39. The highest BCUT2D eigenvalue weighted by atomic mass is 32.1. The molecule has 0 atom stereocenters. The maximum atomic E-state index is 12.7. The summed E-state index contributed by atoms with van der Waals surface area (Å²) in [7, 11) is 0. The van der Waals surface area contributed by atoms with Crippen LogP contribution in [0.15, 0.2) is 11.4 Å². The molecule has 0 bridgehead atoms. The number of amides is 1. The summed E-state index contributed by atoms with van der Waals surface area (Å²) in [6, 6.07) is 2.02. The van der Waals surface area contributed by atoms with E-state index in [1.54, 1.807) is 22.7 Å². The normalized spacial score (nSPS) is 16.0. The molecule has 118 valence electrons. The van der Waals surface area contributed by atoms with Gasteiger partial charge in [-0.2, -0.15) is 0 Å². The highest BCUT2D eigenvalue weighted by molar-refractivity contribution is 7.13. The van der Waals surface area contributed by atoms with E-state index < -0.39 is 0 Å². The molecule has 4 nitrogen and oxygen atoms in total. The van der Waals surface area contributed by atoms with Crippen LogP contribution in [0.3, 0.4) is 0 Å². The quantitative estimate of drug-likeness (QED) is 0.843. The molecule has 6 heteroatoms. The van der Waals surface area contributed by atoms with Crippen molar-refractivity contribution in [2.45, 2.75) is 27.2 Å². The first-order valence-corrected chi connectivity index (χ1v) is 9.27. The summed E-state index contributed by atoms with van der Waals surface area (Å²) in [4.78, 5) is 23.9. The molecule has 0 unspecified atom stereocenters. The van der Waals surface area contributed by atoms with E-state index in [2.05, 4.69) is 22.2 Å². The van der Waals surface area contributed by atoms with Crippen molar-refractivity contribution in [2.75, 3.05) is 31.1 Å². The van der Waals surface area contributed by atoms with Gasteiger partial charge in [0.1, 0.15) is 0 Å². The maximum absolute atomic E-state index is 12.7. The largest absolute Gasteiger partial charge is 0.346 e. The van der Waals surface area contributed by atoms with Gasteiger partial charge in [-0.3, -0.25) is 4.79 Å². The van der Waals surface area contributed by atoms with Gasteiger partial charge in [-0.15, -0.1) is 22.7 Å². The van der Waals surface area contributed by atoms with Crippen LogP contribution in [0.4, 0.5) is 5.13 Å². The zero-order chi connectivity index (χ0) is 15.7. The molecule has 1 fully saturated rings. The van der Waals surface area contributed by atoms with Crippen molar-refractivity contribution in [3.63, 3.8) is 0 Å². The zero-order valence-corrected chi connectivity index (χ0v) is 14.9. The van der Waals surface area contributed by atoms with E-state index in [9.17, 15) is 4.79 Å². The van der Waals surface area contributed by atoms with E-state index >= 15 is 0 Å². The Morgan fingerprint density at radius 1 is 1.18 bits per heavy atom. The Kier molecular flexibility index (Phi) is 4.49. The average Bonchev–Trinajstić information content (AvgIpc) is 2.95. The number of hydrogen-bond donors (Lipinski definition) is 0. The monoisotopic (exact) mass is 335 g/mol. The number of thiazole rings is 1. The number of carbonyl (C=O) groups is 1. The molecule has 0 aliphatic carbocycles. The van der Waals surface area contributed by atoms with E-state index in [0.717, 1.165) is 53.9 Å². The third kappa shape index (κ3) is 3.17. The third-order valence-electron chi connectivity index (χ3n) is 3.93. The molecule has 1 aliphatic rings. The minimum absolute atomic E-state index is 0.180. The number of nitrogens with zero attached hydrogens (tertiary/aromatic N) is 3. The Bertz CT molecular complexity index is 677. The van der Waals surface area contributed by atoms with Crippen LogP contribution in [0, 0.1) is 20.8 Å². The van der Waals surface area contributed by atoms with Gasteiger partial charge in [0.15, 0.2) is 5.13 Å². The summed E-state index contributed by atoms with van der Waals surface area (Å²) in [6.07, 6.45) is 0.993. The first kappa shape index (κ1) is 15.5. The Balaban J connectivity index is 1.70. The Morgan fingerprint density at radius 2 is 2.00 bits per heavy atom. The summed E-state index contributed by atoms with van der Waals surface area (Å²) in [5, 5.41) is 3.16. The highest BCUT2D eigenvalue weighted by Crippen LogP contribution is 2.24. The van der Waals surface area contributed by atoms with Gasteiger partial charge < -0.3 is 9.80 Å². The predicted octanol–water partition coefficient (Wildman–Crippen LogP) is 3.48. The molecule has 2 aromatic heterocycles. The predicted molar refractivity (Wildman–Crippen MR) is 93.4 cm³/mol. The Labute approximate surface area is 139 Å². The van der Waals surface area contributed by atoms with E-state index in [0.29, 0.717) is 0 Å². The van der Waals surface area contributed by atoms with Crippen molar-refractivity contribution in [1.82, 2.24) is 9.88 Å². The molecule has 2 aromatic rings. The van der Waals surface area contributed by atoms with Crippen LogP contribution in [0.2, 0.25) is 0 Å². The number of aryl methyl sites for hydroxylation is 3. The molecular formula is C16H21N3OS2. The lowest BCUT2D eigenvalue weighted by Crippen LogP contribution is -2.35. The second kappa shape index (κ2) is 6.38. The molecule has 3 heterocycles. The van der Waals surface area contributed by atoms with Crippen LogP contribution in [0.25, 0.3) is 0 Å². The van der Waals surface area contributed by atoms with Crippen molar-refractivity contribution in [1.29, 1.82) is 0 Å². The topological polar surface area (TPSA) is 36.4 Å². The molecule has 1 saturated heterocycles. The molecule has 1 amide bonds. The molecule has 0 radical (unpaired) electrons. The second-order valence-electron chi connectivity index (χ2n) is 5.73. The van der Waals surface area contributed by atoms with Crippen molar-refractivity contribution in [2.24, 2.45) is 0 Å². The fourth-order valence-electron chi connectivity index (χ4n) is 2.81. The molecule has 0 saturated carbocycles. The summed E-state index contributed by atoms with van der Waals surface area (Å²) in [6.45, 7) is 9.55. The summed E-state index contributed by atoms with van der Waals surface area (Å²) in [5.41, 5.74) is 1.95. The molecule has 3 rings (SSSR count). The maximum Gasteiger partial charge on any atom is 0.255 e. The zero-order valence-electron chi connectivity index (χ0n) is 13.3. The van der Waals surface area contributed by atoms with E-state index in [1.807, 2.05) is 24.8 Å². The number of thiophene rings is 1. The van der Waals surface area contributed by atoms with Gasteiger partial charge in [0.2, 0.25) is 0 Å². The van der Waals surface area contributed by atoms with Gasteiger partial charge in [-0.1, -0.05) is 0 Å². The van der Waals surface area contributed by atoms with Crippen LogP contribution in [-0.4, -0.2) is 42.0 Å². The van der Waals surface area contributed by atoms with Crippen molar-refractivity contribution in [3.8, 4) is 0 Å². The number of rotatable bonds is 2. The minimum atomic E-state index is 0.180. The molecule has 0 N–H and O–H groups in total. The van der Waals surface area contributed by atoms with Gasteiger partial charge in [-0.05, 0) is 33.3 Å². The van der Waals surface area contributed by atoms with Crippen molar-refractivity contribution < 1.29 is 4.79 Å². The summed E-state index contributed by atoms with van der Waals surface area (Å²) < 4.78 is 0. The number of hydrogen-bond acceptors (Lipinski definition) is 5. The molecule has 22 heavy (non-hydrogen) atoms. The van der Waals surface area contributed by atoms with Crippen LogP contribution in [0.5, 0.6) is 0 Å². The van der Waals surface area contributed by atoms with Gasteiger partial charge in [0.05, 0.1) is 11.3 Å². The lowest BCUT2D eigenvalue weighted by Gasteiger charge is -2.21. The standard InChI is InChI=1S/C16H21N3OS2/c1-11-10-21-16(17-11)19-6-4-5-18(7-8-19)15(20)14-9-12(2)22-13(14)3/h9-10H,4-8H2,1-3H3. The molecular weight excluding hydrogens is 314 g/mol. The molecule has 0 aromatic carbocycles. The lowest BCUT2D eigenvalue weighted by atomic mass is 10.2. The number of anilines is 1. The van der Waals surface area contributed by atoms with E-state index in [-0.39, 0.29) is 5.91 Å². The van der Waals surface area contributed by atoms with Gasteiger partial charge in [-0.25, -0.2) is 4.98 Å². The second-order valence-corrected chi connectivity index (χ2v) is 8.03. The Morgan fingerprint density at radius 3 is 2.64 bits per heavy atom. The van der Waals surface area contributed by atoms with Crippen LogP contribution in [0.1, 0.15) is 32.2 Å². The third-order valence-corrected chi connectivity index (χ3v) is 5.92. The SMILES string of the molecule is Cc1csc(N2CCCN(C(=O)c3cc(C)sc3C)CC2)n1. The van der Waals surface area contributed by atoms with Gasteiger partial charge in [0, 0.05) is 41.3 Å². The fourth-order valence-corrected chi connectivity index (χ4v) is 4.59. The molecule has 1 aliphatic heterocycles. The van der Waals surface area contributed by atoms with Crippen molar-refractivity contribution in [3.05, 3.63) is 32.5 Å². The number of carbonyl (C=O) groups excluding carboxylic acids is 1. The average molecular weight is 335 g/mol. The highest BCUT2D eigenvalue weighted by Gasteiger charge is 2.23. The summed E-state index contributed by atoms with van der Waals surface area (Å²) in [5.74, 6) is 0.180. The first-order chi connectivity index (χ1) is 10.5. The first-order valence-electron chi connectivity index (χ1n) is 7.58. The number of aromatic nitrogens is 1.